The number of nitro groups is 1. The number of nitro benzene ring substituents is 1. The maximum absolute atomic E-state index is 12.2. The molecule has 1 atom stereocenters. The van der Waals surface area contributed by atoms with E-state index in [9.17, 15) is 24.8 Å². The molecule has 1 unspecified atom stereocenters. The van der Waals surface area contributed by atoms with Crippen molar-refractivity contribution in [2.24, 2.45) is 0 Å². The molecule has 0 aliphatic rings. The summed E-state index contributed by atoms with van der Waals surface area (Å²) in [6, 6.07) is 2.78. The van der Waals surface area contributed by atoms with E-state index >= 15 is 0 Å². The van der Waals surface area contributed by atoms with E-state index in [2.05, 4.69) is 5.32 Å². The standard InChI is InChI=1S/C16H22N2O6/c1-10-9-11(5-6-13(10)18(22)23)14(19)17-12(15(20)21)7-8-24-16(2,3)4/h5-6,9,12H,7-8H2,1-4H3,(H,17,19)(H,20,21). The maximum Gasteiger partial charge on any atom is 0.326 e. The number of nitrogens with zero attached hydrogens (tertiary/aromatic N) is 1. The van der Waals surface area contributed by atoms with Gasteiger partial charge in [-0.05, 0) is 39.8 Å². The number of amides is 1. The number of aryl methyl sites for hydroxylation is 1. The molecule has 8 nitrogen and oxygen atoms in total. The first-order chi connectivity index (χ1) is 11.0. The van der Waals surface area contributed by atoms with Crippen molar-refractivity contribution in [2.45, 2.75) is 45.8 Å². The molecule has 1 aromatic carbocycles. The van der Waals surface area contributed by atoms with Crippen LogP contribution in [0.15, 0.2) is 18.2 Å². The minimum Gasteiger partial charge on any atom is -0.480 e. The number of ether oxygens (including phenoxy) is 1. The Morgan fingerprint density at radius 1 is 1.38 bits per heavy atom. The van der Waals surface area contributed by atoms with Gasteiger partial charge >= 0.3 is 5.97 Å². The summed E-state index contributed by atoms with van der Waals surface area (Å²) in [4.78, 5) is 33.7. The SMILES string of the molecule is Cc1cc(C(=O)NC(CCOC(C)(C)C)C(=O)O)ccc1[N+](=O)[O-]. The Morgan fingerprint density at radius 3 is 2.46 bits per heavy atom. The van der Waals surface area contributed by atoms with E-state index in [0.29, 0.717) is 5.56 Å². The van der Waals surface area contributed by atoms with Crippen LogP contribution in [0.4, 0.5) is 5.69 Å². The van der Waals surface area contributed by atoms with Crippen LogP contribution in [0, 0.1) is 17.0 Å². The van der Waals surface area contributed by atoms with E-state index in [1.54, 1.807) is 0 Å². The van der Waals surface area contributed by atoms with Crippen molar-refractivity contribution in [3.8, 4) is 0 Å². The third kappa shape index (κ3) is 5.96. The molecule has 0 aromatic heterocycles. The number of hydrogen-bond donors (Lipinski definition) is 2. The zero-order valence-corrected chi connectivity index (χ0v) is 14.2. The summed E-state index contributed by atoms with van der Waals surface area (Å²) in [5.74, 6) is -1.77. The Morgan fingerprint density at radius 2 is 2.00 bits per heavy atom. The number of carboxylic acid groups (broad SMARTS) is 1. The van der Waals surface area contributed by atoms with Gasteiger partial charge in [0.15, 0.2) is 0 Å². The third-order valence-electron chi connectivity index (χ3n) is 3.20. The fourth-order valence-electron chi connectivity index (χ4n) is 1.98. The van der Waals surface area contributed by atoms with Gasteiger partial charge in [0.2, 0.25) is 0 Å². The number of aliphatic carboxylic acids is 1. The summed E-state index contributed by atoms with van der Waals surface area (Å²) in [7, 11) is 0. The Bertz CT molecular complexity index is 636. The number of nitrogens with one attached hydrogen (secondary N) is 1. The van der Waals surface area contributed by atoms with Crippen molar-refractivity contribution < 1.29 is 24.4 Å². The minimum atomic E-state index is -1.17. The highest BCUT2D eigenvalue weighted by Crippen LogP contribution is 2.19. The van der Waals surface area contributed by atoms with Crippen LogP contribution in [0.3, 0.4) is 0 Å². The number of benzene rings is 1. The first-order valence-electron chi connectivity index (χ1n) is 7.44. The van der Waals surface area contributed by atoms with Crippen LogP contribution in [0.5, 0.6) is 0 Å². The zero-order chi connectivity index (χ0) is 18.5. The number of rotatable bonds is 7. The summed E-state index contributed by atoms with van der Waals surface area (Å²) >= 11 is 0. The molecule has 24 heavy (non-hydrogen) atoms. The zero-order valence-electron chi connectivity index (χ0n) is 14.2. The first-order valence-corrected chi connectivity index (χ1v) is 7.44. The molecule has 0 saturated heterocycles. The van der Waals surface area contributed by atoms with Gasteiger partial charge in [-0.25, -0.2) is 4.79 Å². The van der Waals surface area contributed by atoms with Gasteiger partial charge in [-0.3, -0.25) is 14.9 Å². The van der Waals surface area contributed by atoms with Gasteiger partial charge in [0.1, 0.15) is 6.04 Å². The summed E-state index contributed by atoms with van der Waals surface area (Å²) in [5, 5.41) is 22.4. The van der Waals surface area contributed by atoms with Gasteiger partial charge in [-0.2, -0.15) is 0 Å². The van der Waals surface area contributed by atoms with E-state index in [1.165, 1.54) is 25.1 Å². The van der Waals surface area contributed by atoms with Crippen molar-refractivity contribution in [1.82, 2.24) is 5.32 Å². The smallest absolute Gasteiger partial charge is 0.326 e. The quantitative estimate of drug-likeness (QED) is 0.581. The van der Waals surface area contributed by atoms with E-state index in [-0.39, 0.29) is 24.3 Å². The molecule has 0 fully saturated rings. The van der Waals surface area contributed by atoms with Crippen LogP contribution in [0.25, 0.3) is 0 Å². The third-order valence-corrected chi connectivity index (χ3v) is 3.20. The molecule has 1 aromatic rings. The first kappa shape index (κ1) is 19.6. The van der Waals surface area contributed by atoms with Crippen LogP contribution in [0.2, 0.25) is 0 Å². The van der Waals surface area contributed by atoms with Crippen molar-refractivity contribution in [3.05, 3.63) is 39.4 Å². The normalized spacial score (nSPS) is 12.5. The summed E-state index contributed by atoms with van der Waals surface area (Å²) in [6.07, 6.45) is 0.115. The fourth-order valence-corrected chi connectivity index (χ4v) is 1.98. The van der Waals surface area contributed by atoms with Crippen molar-refractivity contribution >= 4 is 17.6 Å². The molecule has 0 radical (unpaired) electrons. The van der Waals surface area contributed by atoms with E-state index in [4.69, 9.17) is 4.74 Å². The van der Waals surface area contributed by atoms with Gasteiger partial charge in [0.25, 0.3) is 11.6 Å². The lowest BCUT2D eigenvalue weighted by Crippen LogP contribution is -2.42. The number of carboxylic acids is 1. The molecule has 0 bridgehead atoms. The average molecular weight is 338 g/mol. The second-order valence-electron chi connectivity index (χ2n) is 6.37. The highest BCUT2D eigenvalue weighted by atomic mass is 16.6. The lowest BCUT2D eigenvalue weighted by molar-refractivity contribution is -0.385. The molecular formula is C16H22N2O6. The number of carbonyl (C=O) groups is 2. The van der Waals surface area contributed by atoms with Gasteiger partial charge < -0.3 is 15.2 Å². The second kappa shape index (κ2) is 7.87. The second-order valence-corrected chi connectivity index (χ2v) is 6.37. The maximum atomic E-state index is 12.2. The molecule has 1 amide bonds. The van der Waals surface area contributed by atoms with Crippen LogP contribution in [-0.2, 0) is 9.53 Å². The number of hydrogen-bond acceptors (Lipinski definition) is 5. The Labute approximate surface area is 140 Å². The lowest BCUT2D eigenvalue weighted by atomic mass is 10.1. The van der Waals surface area contributed by atoms with Gasteiger partial charge in [0.05, 0.1) is 10.5 Å². The minimum absolute atomic E-state index is 0.0973. The summed E-state index contributed by atoms with van der Waals surface area (Å²) in [6.45, 7) is 7.24. The Balaban J connectivity index is 2.77. The largest absolute Gasteiger partial charge is 0.480 e. The fraction of sp³-hybridized carbons (Fsp3) is 0.500. The molecular weight excluding hydrogens is 316 g/mol. The van der Waals surface area contributed by atoms with Crippen LogP contribution >= 0.6 is 0 Å². The van der Waals surface area contributed by atoms with Gasteiger partial charge in [-0.15, -0.1) is 0 Å². The van der Waals surface area contributed by atoms with E-state index in [0.717, 1.165) is 0 Å². The molecule has 132 valence electrons. The molecule has 2 N–H and O–H groups in total. The van der Waals surface area contributed by atoms with Crippen molar-refractivity contribution in [3.63, 3.8) is 0 Å². The predicted octanol–water partition coefficient (Wildman–Crippen LogP) is 2.29. The van der Waals surface area contributed by atoms with Crippen molar-refractivity contribution in [2.75, 3.05) is 6.61 Å². The molecule has 0 saturated carbocycles. The van der Waals surface area contributed by atoms with Crippen LogP contribution in [0.1, 0.15) is 43.1 Å². The summed E-state index contributed by atoms with van der Waals surface area (Å²) < 4.78 is 5.47. The van der Waals surface area contributed by atoms with E-state index in [1.807, 2.05) is 20.8 Å². The van der Waals surface area contributed by atoms with E-state index < -0.39 is 28.4 Å². The highest BCUT2D eigenvalue weighted by Gasteiger charge is 2.22. The highest BCUT2D eigenvalue weighted by molar-refractivity contribution is 5.97. The Kier molecular flexibility index (Phi) is 6.42. The predicted molar refractivity (Wildman–Crippen MR) is 87.0 cm³/mol. The average Bonchev–Trinajstić information content (AvgIpc) is 2.44. The molecule has 0 spiro atoms. The molecule has 0 aliphatic carbocycles. The Hall–Kier alpha value is -2.48. The van der Waals surface area contributed by atoms with Crippen LogP contribution in [-0.4, -0.2) is 40.2 Å². The molecule has 8 heteroatoms. The number of carbonyl (C=O) groups excluding carboxylic acids is 1. The summed E-state index contributed by atoms with van der Waals surface area (Å²) in [5.41, 5.74) is -0.000636. The van der Waals surface area contributed by atoms with Gasteiger partial charge in [-0.1, -0.05) is 0 Å². The van der Waals surface area contributed by atoms with Crippen LogP contribution < -0.4 is 5.32 Å². The van der Waals surface area contributed by atoms with Gasteiger partial charge in [0, 0.05) is 30.2 Å². The molecule has 0 heterocycles. The molecule has 0 aliphatic heterocycles. The molecule has 1 rings (SSSR count). The lowest BCUT2D eigenvalue weighted by Gasteiger charge is -2.21. The van der Waals surface area contributed by atoms with Crippen molar-refractivity contribution in [1.29, 1.82) is 0 Å². The monoisotopic (exact) mass is 338 g/mol. The topological polar surface area (TPSA) is 119 Å².